The van der Waals surface area contributed by atoms with Gasteiger partial charge in [-0.25, -0.2) is 4.57 Å². The smallest absolute Gasteiger partial charge is 0.228 e. The van der Waals surface area contributed by atoms with Crippen LogP contribution in [0.1, 0.15) is 87.1 Å². The third-order valence-corrected chi connectivity index (χ3v) is 8.75. The van der Waals surface area contributed by atoms with Gasteiger partial charge in [-0.2, -0.15) is 0 Å². The van der Waals surface area contributed by atoms with Gasteiger partial charge in [-0.1, -0.05) is 77.9 Å². The molecule has 0 saturated carbocycles. The maximum Gasteiger partial charge on any atom is 0.228 e. The molecule has 6 rings (SSSR count). The Morgan fingerprint density at radius 1 is 0.692 bits per heavy atom. The number of rotatable bonds is 4. The van der Waals surface area contributed by atoms with Crippen LogP contribution >= 0.6 is 0 Å². The molecule has 1 aromatic heterocycles. The molecular weight excluding hydrogens is 474 g/mol. The second-order valence-electron chi connectivity index (χ2n) is 12.4. The first-order valence-corrected chi connectivity index (χ1v) is 14.4. The molecule has 0 fully saturated rings. The molecular formula is C37H40NO+. The molecule has 1 aliphatic heterocycles. The van der Waals surface area contributed by atoms with Gasteiger partial charge in [-0.3, -0.25) is 0 Å². The third kappa shape index (κ3) is 3.87. The Morgan fingerprint density at radius 2 is 1.31 bits per heavy atom. The van der Waals surface area contributed by atoms with E-state index in [-0.39, 0.29) is 0 Å². The summed E-state index contributed by atoms with van der Waals surface area (Å²) in [4.78, 5) is 0. The van der Waals surface area contributed by atoms with Crippen LogP contribution in [-0.2, 0) is 7.05 Å². The van der Waals surface area contributed by atoms with Crippen LogP contribution in [0.4, 0.5) is 0 Å². The fraction of sp³-hybridized carbons (Fsp3) is 0.324. The Bertz CT molecular complexity index is 1760. The van der Waals surface area contributed by atoms with Gasteiger partial charge in [0.2, 0.25) is 5.69 Å². The van der Waals surface area contributed by atoms with E-state index in [1.54, 1.807) is 0 Å². The summed E-state index contributed by atoms with van der Waals surface area (Å²) >= 11 is 0. The topological polar surface area (TPSA) is 13.1 Å². The van der Waals surface area contributed by atoms with Gasteiger partial charge in [0.25, 0.3) is 0 Å². The molecule has 0 radical (unpaired) electrons. The molecule has 39 heavy (non-hydrogen) atoms. The van der Waals surface area contributed by atoms with Gasteiger partial charge in [0.1, 0.15) is 18.5 Å². The van der Waals surface area contributed by atoms with E-state index in [4.69, 9.17) is 4.74 Å². The van der Waals surface area contributed by atoms with Gasteiger partial charge in [0.15, 0.2) is 6.20 Å². The van der Waals surface area contributed by atoms with E-state index in [0.29, 0.717) is 17.8 Å². The van der Waals surface area contributed by atoms with Crippen LogP contribution in [0.5, 0.6) is 11.5 Å². The number of benzene rings is 4. The number of aryl methyl sites for hydroxylation is 3. The first-order valence-electron chi connectivity index (χ1n) is 14.4. The van der Waals surface area contributed by atoms with Crippen molar-refractivity contribution in [2.45, 2.75) is 73.1 Å². The maximum absolute atomic E-state index is 6.94. The molecule has 5 aromatic rings. The lowest BCUT2D eigenvalue weighted by molar-refractivity contribution is -0.659. The minimum atomic E-state index is 0.422. The number of aromatic nitrogens is 1. The van der Waals surface area contributed by atoms with E-state index >= 15 is 0 Å². The van der Waals surface area contributed by atoms with Crippen molar-refractivity contribution in [2.24, 2.45) is 7.05 Å². The minimum absolute atomic E-state index is 0.422. The molecule has 0 spiro atoms. The molecule has 198 valence electrons. The second kappa shape index (κ2) is 9.23. The number of hydrogen-bond acceptors (Lipinski definition) is 1. The predicted octanol–water partition coefficient (Wildman–Crippen LogP) is 10.2. The van der Waals surface area contributed by atoms with Crippen LogP contribution in [0.2, 0.25) is 0 Å². The van der Waals surface area contributed by atoms with Crippen molar-refractivity contribution in [3.63, 3.8) is 0 Å². The van der Waals surface area contributed by atoms with E-state index in [0.717, 1.165) is 11.5 Å². The summed E-state index contributed by atoms with van der Waals surface area (Å²) in [6, 6.07) is 20.5. The van der Waals surface area contributed by atoms with E-state index in [1.807, 2.05) is 0 Å². The number of hydrogen-bond donors (Lipinski definition) is 0. The highest BCUT2D eigenvalue weighted by atomic mass is 16.5. The SMILES string of the molecule is Cc1c2c(c(C)c3ccccc13)-c1c3c(cc(-c4c(C(C)C)cc(C(C)C)cc4C(C)C)cc3cc[n+]1C)O2. The number of ether oxygens (including phenoxy) is 1. The van der Waals surface area contributed by atoms with E-state index in [2.05, 4.69) is 128 Å². The zero-order chi connectivity index (χ0) is 27.7. The molecule has 2 heteroatoms. The first-order chi connectivity index (χ1) is 18.6. The van der Waals surface area contributed by atoms with Crippen LogP contribution in [0, 0.1) is 13.8 Å². The zero-order valence-corrected chi connectivity index (χ0v) is 24.9. The normalized spacial score (nSPS) is 12.6. The Morgan fingerprint density at radius 3 is 1.90 bits per heavy atom. The summed E-state index contributed by atoms with van der Waals surface area (Å²) in [7, 11) is 2.16. The highest BCUT2D eigenvalue weighted by Gasteiger charge is 2.32. The molecule has 2 heterocycles. The lowest BCUT2D eigenvalue weighted by atomic mass is 9.81. The van der Waals surface area contributed by atoms with Crippen molar-refractivity contribution in [2.75, 3.05) is 0 Å². The van der Waals surface area contributed by atoms with Crippen LogP contribution < -0.4 is 9.30 Å². The fourth-order valence-electron chi connectivity index (χ4n) is 6.55. The molecule has 0 bridgehead atoms. The van der Waals surface area contributed by atoms with Gasteiger partial charge in [-0.15, -0.1) is 0 Å². The van der Waals surface area contributed by atoms with E-state index in [9.17, 15) is 0 Å². The molecule has 2 nitrogen and oxygen atoms in total. The van der Waals surface area contributed by atoms with Crippen molar-refractivity contribution < 1.29 is 9.30 Å². The van der Waals surface area contributed by atoms with Crippen LogP contribution in [-0.4, -0.2) is 0 Å². The highest BCUT2D eigenvalue weighted by molar-refractivity contribution is 6.07. The lowest BCUT2D eigenvalue weighted by Crippen LogP contribution is -2.32. The van der Waals surface area contributed by atoms with Crippen molar-refractivity contribution in [3.8, 4) is 33.9 Å². The van der Waals surface area contributed by atoms with Crippen LogP contribution in [0.3, 0.4) is 0 Å². The first kappa shape index (κ1) is 25.6. The van der Waals surface area contributed by atoms with Crippen LogP contribution in [0.25, 0.3) is 43.9 Å². The third-order valence-electron chi connectivity index (χ3n) is 8.75. The summed E-state index contributed by atoms with van der Waals surface area (Å²) in [5, 5.41) is 4.98. The number of fused-ring (bicyclic) bond motifs is 3. The quantitative estimate of drug-likeness (QED) is 0.213. The summed E-state index contributed by atoms with van der Waals surface area (Å²) in [6.45, 7) is 18.3. The molecule has 0 N–H and O–H groups in total. The largest absolute Gasteiger partial charge is 0.455 e. The predicted molar refractivity (Wildman–Crippen MR) is 165 cm³/mol. The Labute approximate surface area is 233 Å². The van der Waals surface area contributed by atoms with Crippen LogP contribution in [0.15, 0.2) is 60.8 Å². The minimum Gasteiger partial charge on any atom is -0.455 e. The Kier molecular flexibility index (Phi) is 6.06. The molecule has 0 amide bonds. The van der Waals surface area contributed by atoms with Gasteiger partial charge >= 0.3 is 0 Å². The van der Waals surface area contributed by atoms with E-state index < -0.39 is 0 Å². The van der Waals surface area contributed by atoms with Gasteiger partial charge < -0.3 is 4.74 Å². The molecule has 4 aromatic carbocycles. The maximum atomic E-state index is 6.94. The van der Waals surface area contributed by atoms with Gasteiger partial charge in [-0.05, 0) is 93.3 Å². The summed E-state index contributed by atoms with van der Waals surface area (Å²) < 4.78 is 9.20. The molecule has 1 aliphatic rings. The molecule has 0 saturated heterocycles. The Hall–Kier alpha value is -3.65. The summed E-state index contributed by atoms with van der Waals surface area (Å²) in [6.07, 6.45) is 2.21. The van der Waals surface area contributed by atoms with Gasteiger partial charge in [0.05, 0.1) is 10.9 Å². The number of nitrogens with zero attached hydrogens (tertiary/aromatic N) is 1. The molecule has 0 unspecified atom stereocenters. The zero-order valence-electron chi connectivity index (χ0n) is 24.9. The fourth-order valence-corrected chi connectivity index (χ4v) is 6.55. The summed E-state index contributed by atoms with van der Waals surface area (Å²) in [5.41, 5.74) is 11.8. The van der Waals surface area contributed by atoms with E-state index in [1.165, 1.54) is 71.7 Å². The highest BCUT2D eigenvalue weighted by Crippen LogP contribution is 2.52. The van der Waals surface area contributed by atoms with Crippen molar-refractivity contribution in [3.05, 3.63) is 88.6 Å². The van der Waals surface area contributed by atoms with Crippen molar-refractivity contribution >= 4 is 21.5 Å². The average Bonchev–Trinajstić information content (AvgIpc) is 2.92. The lowest BCUT2D eigenvalue weighted by Gasteiger charge is -2.26. The number of pyridine rings is 1. The Balaban J connectivity index is 1.70. The molecule has 0 aliphatic carbocycles. The standard InChI is InChI=1S/C37H40NO/c1-20(2)26-17-30(21(3)4)34(31(18-26)22(5)6)27-16-25-14-15-38(9)36-33-23(7)28-12-10-11-13-29(28)24(8)37(33)39-32(19-27)35(25)36/h10-22H,1-9H3/q+1. The van der Waals surface area contributed by atoms with Gasteiger partial charge in [0, 0.05) is 11.6 Å². The summed E-state index contributed by atoms with van der Waals surface area (Å²) in [5.74, 6) is 3.28. The second-order valence-corrected chi connectivity index (χ2v) is 12.4. The monoisotopic (exact) mass is 514 g/mol. The average molecular weight is 515 g/mol. The van der Waals surface area contributed by atoms with Crippen molar-refractivity contribution in [1.29, 1.82) is 0 Å². The molecule has 0 atom stereocenters. The van der Waals surface area contributed by atoms with Crippen molar-refractivity contribution in [1.82, 2.24) is 0 Å².